The number of terminal acetylenes is 1. The van der Waals surface area contributed by atoms with Crippen LogP contribution in [0, 0.1) is 12.3 Å². The summed E-state index contributed by atoms with van der Waals surface area (Å²) >= 11 is 1.49. The summed E-state index contributed by atoms with van der Waals surface area (Å²) in [5.74, 6) is 2.35. The fourth-order valence-corrected chi connectivity index (χ4v) is 3.69. The largest absolute Gasteiger partial charge is 0.497 e. The van der Waals surface area contributed by atoms with Crippen molar-refractivity contribution in [2.75, 3.05) is 19.5 Å². The summed E-state index contributed by atoms with van der Waals surface area (Å²) in [6, 6.07) is 6.69. The first-order valence-corrected chi connectivity index (χ1v) is 7.88. The zero-order valence-corrected chi connectivity index (χ0v) is 13.3. The van der Waals surface area contributed by atoms with Crippen molar-refractivity contribution in [1.29, 1.82) is 0 Å². The van der Waals surface area contributed by atoms with Crippen molar-refractivity contribution in [2.45, 2.75) is 18.3 Å². The molecule has 1 aromatic carbocycles. The van der Waals surface area contributed by atoms with E-state index in [1.54, 1.807) is 14.0 Å². The number of nitrogens with zero attached hydrogens (tertiary/aromatic N) is 1. The third-order valence-corrected chi connectivity index (χ3v) is 4.64. The van der Waals surface area contributed by atoms with Crippen LogP contribution in [-0.2, 0) is 14.3 Å². The highest BCUT2D eigenvalue weighted by Crippen LogP contribution is 2.42. The minimum absolute atomic E-state index is 0.269. The van der Waals surface area contributed by atoms with Gasteiger partial charge in [0.05, 0.1) is 13.7 Å². The number of ether oxygens (including phenoxy) is 2. The zero-order valence-electron chi connectivity index (χ0n) is 12.4. The van der Waals surface area contributed by atoms with E-state index in [2.05, 4.69) is 5.92 Å². The van der Waals surface area contributed by atoms with Crippen molar-refractivity contribution >= 4 is 23.6 Å². The maximum absolute atomic E-state index is 12.1. The van der Waals surface area contributed by atoms with Gasteiger partial charge in [-0.05, 0) is 30.5 Å². The summed E-state index contributed by atoms with van der Waals surface area (Å²) in [5.41, 5.74) is 0.890. The molecule has 116 valence electrons. The molecule has 0 N–H and O–H groups in total. The van der Waals surface area contributed by atoms with Crippen molar-refractivity contribution in [1.82, 2.24) is 4.90 Å². The van der Waals surface area contributed by atoms with Crippen LogP contribution < -0.4 is 4.74 Å². The summed E-state index contributed by atoms with van der Waals surface area (Å²) in [6.45, 7) is 2.00. The third kappa shape index (κ3) is 3.20. The Hall–Kier alpha value is -2.13. The number of amides is 1. The van der Waals surface area contributed by atoms with Gasteiger partial charge in [0.15, 0.2) is 0 Å². The van der Waals surface area contributed by atoms with E-state index in [4.69, 9.17) is 15.9 Å². The molecule has 0 bridgehead atoms. The Labute approximate surface area is 134 Å². The predicted molar refractivity (Wildman–Crippen MR) is 84.3 cm³/mol. The van der Waals surface area contributed by atoms with Crippen LogP contribution in [0.2, 0.25) is 0 Å². The van der Waals surface area contributed by atoms with Crippen molar-refractivity contribution in [3.05, 3.63) is 29.8 Å². The van der Waals surface area contributed by atoms with E-state index >= 15 is 0 Å². The van der Waals surface area contributed by atoms with Crippen LogP contribution in [0.25, 0.3) is 0 Å². The fourth-order valence-electron chi connectivity index (χ4n) is 2.27. The average Bonchev–Trinajstić information content (AvgIpc) is 2.99. The normalized spacial score (nSPS) is 20.3. The van der Waals surface area contributed by atoms with E-state index in [0.29, 0.717) is 5.75 Å². The SMILES string of the molecule is C#CC(=O)N1C(c2ccc(OC)cc2)SC[C@@H]1C(=O)OCC. The molecule has 2 rings (SSSR count). The first-order valence-electron chi connectivity index (χ1n) is 6.83. The minimum Gasteiger partial charge on any atom is -0.497 e. The number of carbonyl (C=O) groups excluding carboxylic acids is 2. The molecule has 2 atom stereocenters. The molecule has 1 unspecified atom stereocenters. The number of rotatable bonds is 4. The van der Waals surface area contributed by atoms with Crippen LogP contribution >= 0.6 is 11.8 Å². The van der Waals surface area contributed by atoms with Gasteiger partial charge < -0.3 is 14.4 Å². The lowest BCUT2D eigenvalue weighted by atomic mass is 10.1. The van der Waals surface area contributed by atoms with Crippen molar-refractivity contribution in [2.24, 2.45) is 0 Å². The smallest absolute Gasteiger partial charge is 0.329 e. The first kappa shape index (κ1) is 16.2. The topological polar surface area (TPSA) is 55.8 Å². The number of hydrogen-bond acceptors (Lipinski definition) is 5. The Balaban J connectivity index is 2.28. The lowest BCUT2D eigenvalue weighted by Gasteiger charge is -2.26. The highest BCUT2D eigenvalue weighted by Gasteiger charge is 2.42. The van der Waals surface area contributed by atoms with Crippen LogP contribution in [0.1, 0.15) is 17.9 Å². The monoisotopic (exact) mass is 319 g/mol. The fraction of sp³-hybridized carbons (Fsp3) is 0.375. The highest BCUT2D eigenvalue weighted by molar-refractivity contribution is 7.99. The maximum atomic E-state index is 12.1. The molecule has 1 aliphatic heterocycles. The zero-order chi connectivity index (χ0) is 16.1. The minimum atomic E-state index is -0.652. The molecule has 1 aliphatic rings. The highest BCUT2D eigenvalue weighted by atomic mass is 32.2. The first-order chi connectivity index (χ1) is 10.6. The molecule has 0 saturated carbocycles. The van der Waals surface area contributed by atoms with Gasteiger partial charge in [-0.1, -0.05) is 12.1 Å². The van der Waals surface area contributed by atoms with Gasteiger partial charge >= 0.3 is 5.97 Å². The molecule has 0 spiro atoms. The van der Waals surface area contributed by atoms with E-state index in [0.717, 1.165) is 11.3 Å². The Kier molecular flexibility index (Phi) is 5.34. The quantitative estimate of drug-likeness (QED) is 0.626. The Morgan fingerprint density at radius 3 is 2.64 bits per heavy atom. The molecule has 6 heteroatoms. The van der Waals surface area contributed by atoms with Crippen molar-refractivity contribution in [3.63, 3.8) is 0 Å². The van der Waals surface area contributed by atoms with Crippen LogP contribution in [-0.4, -0.2) is 42.3 Å². The standard InChI is InChI=1S/C16H17NO4S/c1-4-14(18)17-13(16(19)21-5-2)10-22-15(17)11-6-8-12(20-3)9-7-11/h1,6-9,13,15H,5,10H2,2-3H3/t13-,15?/m1/s1. The van der Waals surface area contributed by atoms with E-state index in [9.17, 15) is 9.59 Å². The molecule has 0 aliphatic carbocycles. The summed E-state index contributed by atoms with van der Waals surface area (Å²) < 4.78 is 10.2. The van der Waals surface area contributed by atoms with Gasteiger partial charge in [-0.15, -0.1) is 18.2 Å². The molecule has 1 aromatic rings. The number of thioether (sulfide) groups is 1. The number of esters is 1. The number of hydrogen-bond donors (Lipinski definition) is 0. The molecule has 1 saturated heterocycles. The second-order valence-corrected chi connectivity index (χ2v) is 5.70. The number of benzene rings is 1. The van der Waals surface area contributed by atoms with Gasteiger partial charge in [-0.25, -0.2) is 4.79 Å². The van der Waals surface area contributed by atoms with E-state index < -0.39 is 17.9 Å². The molecule has 0 radical (unpaired) electrons. The summed E-state index contributed by atoms with van der Waals surface area (Å²) in [5, 5.41) is -0.302. The van der Waals surface area contributed by atoms with Gasteiger partial charge in [0.25, 0.3) is 5.91 Å². The predicted octanol–water partition coefficient (Wildman–Crippen LogP) is 1.83. The average molecular weight is 319 g/mol. The van der Waals surface area contributed by atoms with Crippen LogP contribution in [0.5, 0.6) is 5.75 Å². The molecule has 22 heavy (non-hydrogen) atoms. The van der Waals surface area contributed by atoms with Gasteiger partial charge in [0.1, 0.15) is 17.2 Å². The summed E-state index contributed by atoms with van der Waals surface area (Å²) in [7, 11) is 1.59. The van der Waals surface area contributed by atoms with E-state index in [-0.39, 0.29) is 12.0 Å². The summed E-state index contributed by atoms with van der Waals surface area (Å²) in [4.78, 5) is 25.5. The Morgan fingerprint density at radius 1 is 1.41 bits per heavy atom. The van der Waals surface area contributed by atoms with Crippen LogP contribution in [0.4, 0.5) is 0 Å². The Bertz CT molecular complexity index is 593. The van der Waals surface area contributed by atoms with Crippen molar-refractivity contribution in [3.8, 4) is 18.1 Å². The molecular formula is C16H17NO4S. The lowest BCUT2D eigenvalue weighted by Crippen LogP contribution is -2.43. The van der Waals surface area contributed by atoms with Gasteiger partial charge in [0.2, 0.25) is 0 Å². The van der Waals surface area contributed by atoms with Gasteiger partial charge in [0, 0.05) is 5.75 Å². The second-order valence-electron chi connectivity index (χ2n) is 4.58. The molecule has 1 heterocycles. The number of methoxy groups -OCH3 is 1. The van der Waals surface area contributed by atoms with E-state index in [1.165, 1.54) is 16.7 Å². The van der Waals surface area contributed by atoms with Gasteiger partial charge in [-0.2, -0.15) is 0 Å². The lowest BCUT2D eigenvalue weighted by molar-refractivity contribution is -0.152. The number of carbonyl (C=O) groups is 2. The Morgan fingerprint density at radius 2 is 2.09 bits per heavy atom. The molecular weight excluding hydrogens is 302 g/mol. The third-order valence-electron chi connectivity index (χ3n) is 3.32. The molecule has 0 aromatic heterocycles. The molecule has 1 amide bonds. The van der Waals surface area contributed by atoms with Crippen LogP contribution in [0.3, 0.4) is 0 Å². The van der Waals surface area contributed by atoms with Crippen molar-refractivity contribution < 1.29 is 19.1 Å². The van der Waals surface area contributed by atoms with Crippen LogP contribution in [0.15, 0.2) is 24.3 Å². The molecule has 5 nitrogen and oxygen atoms in total. The maximum Gasteiger partial charge on any atom is 0.329 e. The van der Waals surface area contributed by atoms with Gasteiger partial charge in [-0.3, -0.25) is 4.79 Å². The van der Waals surface area contributed by atoms with E-state index in [1.807, 2.05) is 24.3 Å². The second kappa shape index (κ2) is 7.23. The summed E-state index contributed by atoms with van der Waals surface area (Å²) in [6.07, 6.45) is 5.25. The molecule has 1 fully saturated rings.